The number of hydrogen-bond donors (Lipinski definition) is 1. The molecule has 0 bridgehead atoms. The van der Waals surface area contributed by atoms with E-state index in [1.165, 1.54) is 30.4 Å². The maximum atomic E-state index is 11.6. The van der Waals surface area contributed by atoms with Gasteiger partial charge in [-0.1, -0.05) is 18.6 Å². The standard InChI is InChI=1S/C15H20N2O/c1-11(18)17-9-6-12-13(4-2-5-14(12)17)15(10-16)7-3-8-15/h2,4-5H,3,6-10,16H2,1H3. The van der Waals surface area contributed by atoms with Crippen LogP contribution in [-0.2, 0) is 16.6 Å². The predicted octanol–water partition coefficient (Wildman–Crippen LogP) is 1.98. The van der Waals surface area contributed by atoms with Crippen molar-refractivity contribution in [1.82, 2.24) is 0 Å². The second kappa shape index (κ2) is 4.09. The largest absolute Gasteiger partial charge is 0.330 e. The summed E-state index contributed by atoms with van der Waals surface area (Å²) in [5, 5.41) is 0. The zero-order chi connectivity index (χ0) is 12.8. The average molecular weight is 244 g/mol. The number of hydrogen-bond acceptors (Lipinski definition) is 2. The van der Waals surface area contributed by atoms with Crippen molar-refractivity contribution in [1.29, 1.82) is 0 Å². The SMILES string of the molecule is CC(=O)N1CCc2c1cccc2C1(CN)CCC1. The third-order valence-corrected chi connectivity index (χ3v) is 4.68. The van der Waals surface area contributed by atoms with Gasteiger partial charge in [-0.15, -0.1) is 0 Å². The fourth-order valence-corrected chi connectivity index (χ4v) is 3.45. The lowest BCUT2D eigenvalue weighted by molar-refractivity contribution is -0.116. The minimum atomic E-state index is 0.140. The van der Waals surface area contributed by atoms with E-state index in [1.54, 1.807) is 6.92 Å². The Kier molecular flexibility index (Phi) is 2.67. The number of carbonyl (C=O) groups is 1. The van der Waals surface area contributed by atoms with Gasteiger partial charge in [-0.3, -0.25) is 4.79 Å². The zero-order valence-electron chi connectivity index (χ0n) is 10.9. The van der Waals surface area contributed by atoms with Gasteiger partial charge in [0.15, 0.2) is 0 Å². The Morgan fingerprint density at radius 1 is 1.44 bits per heavy atom. The van der Waals surface area contributed by atoms with Gasteiger partial charge < -0.3 is 10.6 Å². The van der Waals surface area contributed by atoms with Gasteiger partial charge in [0.1, 0.15) is 0 Å². The molecule has 1 heterocycles. The molecule has 1 aliphatic heterocycles. The van der Waals surface area contributed by atoms with E-state index in [1.807, 2.05) is 4.90 Å². The molecule has 2 N–H and O–H groups in total. The molecule has 18 heavy (non-hydrogen) atoms. The van der Waals surface area contributed by atoms with E-state index in [0.29, 0.717) is 0 Å². The molecule has 3 heteroatoms. The van der Waals surface area contributed by atoms with Gasteiger partial charge in [0.25, 0.3) is 0 Å². The molecule has 96 valence electrons. The predicted molar refractivity (Wildman–Crippen MR) is 72.8 cm³/mol. The number of nitrogens with two attached hydrogens (primary N) is 1. The molecule has 0 aromatic heterocycles. The molecule has 3 rings (SSSR count). The number of carbonyl (C=O) groups excluding carboxylic acids is 1. The molecule has 1 aromatic rings. The summed E-state index contributed by atoms with van der Waals surface area (Å²) in [6.45, 7) is 3.19. The van der Waals surface area contributed by atoms with E-state index in [9.17, 15) is 4.79 Å². The second-order valence-corrected chi connectivity index (χ2v) is 5.56. The summed E-state index contributed by atoms with van der Waals surface area (Å²) in [6.07, 6.45) is 4.64. The van der Waals surface area contributed by atoms with Crippen LogP contribution in [0.5, 0.6) is 0 Å². The highest BCUT2D eigenvalue weighted by Crippen LogP contribution is 2.47. The summed E-state index contributed by atoms with van der Waals surface area (Å²) < 4.78 is 0. The van der Waals surface area contributed by atoms with Crippen LogP contribution in [0.2, 0.25) is 0 Å². The first kappa shape index (κ1) is 11.7. The fourth-order valence-electron chi connectivity index (χ4n) is 3.45. The summed E-state index contributed by atoms with van der Waals surface area (Å²) in [7, 11) is 0. The van der Waals surface area contributed by atoms with Crippen molar-refractivity contribution in [3.63, 3.8) is 0 Å². The Bertz CT molecular complexity index is 486. The third-order valence-electron chi connectivity index (χ3n) is 4.68. The molecular weight excluding hydrogens is 224 g/mol. The summed E-state index contributed by atoms with van der Waals surface area (Å²) in [5.74, 6) is 0.140. The van der Waals surface area contributed by atoms with Gasteiger partial charge >= 0.3 is 0 Å². The Labute approximate surface area is 108 Å². The van der Waals surface area contributed by atoms with E-state index in [4.69, 9.17) is 5.73 Å². The van der Waals surface area contributed by atoms with Gasteiger partial charge in [0, 0.05) is 31.1 Å². The topological polar surface area (TPSA) is 46.3 Å². The Balaban J connectivity index is 2.06. The van der Waals surface area contributed by atoms with Crippen molar-refractivity contribution in [2.24, 2.45) is 5.73 Å². The number of fused-ring (bicyclic) bond motifs is 1. The van der Waals surface area contributed by atoms with Crippen molar-refractivity contribution >= 4 is 11.6 Å². The molecule has 3 nitrogen and oxygen atoms in total. The van der Waals surface area contributed by atoms with Crippen LogP contribution in [0.25, 0.3) is 0 Å². The quantitative estimate of drug-likeness (QED) is 0.864. The van der Waals surface area contributed by atoms with Crippen molar-refractivity contribution in [3.8, 4) is 0 Å². The molecule has 2 aliphatic rings. The van der Waals surface area contributed by atoms with Crippen LogP contribution in [0.1, 0.15) is 37.3 Å². The van der Waals surface area contributed by atoms with Crippen molar-refractivity contribution in [2.45, 2.75) is 38.0 Å². The number of rotatable bonds is 2. The average Bonchev–Trinajstić information content (AvgIpc) is 2.72. The van der Waals surface area contributed by atoms with Crippen LogP contribution in [0.4, 0.5) is 5.69 Å². The molecule has 1 aliphatic carbocycles. The lowest BCUT2D eigenvalue weighted by Crippen LogP contribution is -2.42. The monoisotopic (exact) mass is 244 g/mol. The van der Waals surface area contributed by atoms with E-state index >= 15 is 0 Å². The normalized spacial score (nSPS) is 20.4. The first-order valence-electron chi connectivity index (χ1n) is 6.78. The van der Waals surface area contributed by atoms with Crippen molar-refractivity contribution in [2.75, 3.05) is 18.0 Å². The summed E-state index contributed by atoms with van der Waals surface area (Å²) in [5.41, 5.74) is 10.1. The van der Waals surface area contributed by atoms with Gasteiger partial charge in [0.2, 0.25) is 5.91 Å². The third kappa shape index (κ3) is 1.50. The van der Waals surface area contributed by atoms with Gasteiger partial charge in [-0.05, 0) is 36.5 Å². The molecule has 0 saturated heterocycles. The minimum Gasteiger partial charge on any atom is -0.330 e. The molecule has 1 amide bonds. The highest BCUT2D eigenvalue weighted by molar-refractivity contribution is 5.94. The van der Waals surface area contributed by atoms with Crippen LogP contribution in [0.15, 0.2) is 18.2 Å². The lowest BCUT2D eigenvalue weighted by Gasteiger charge is -2.42. The van der Waals surface area contributed by atoms with Crippen LogP contribution in [-0.4, -0.2) is 19.0 Å². The highest BCUT2D eigenvalue weighted by atomic mass is 16.2. The van der Waals surface area contributed by atoms with E-state index < -0.39 is 0 Å². The van der Waals surface area contributed by atoms with E-state index in [-0.39, 0.29) is 11.3 Å². The maximum absolute atomic E-state index is 11.6. The maximum Gasteiger partial charge on any atom is 0.223 e. The van der Waals surface area contributed by atoms with Crippen LogP contribution < -0.4 is 10.6 Å². The second-order valence-electron chi connectivity index (χ2n) is 5.56. The Morgan fingerprint density at radius 3 is 2.78 bits per heavy atom. The Hall–Kier alpha value is -1.35. The summed E-state index contributed by atoms with van der Waals surface area (Å²) in [4.78, 5) is 13.5. The molecule has 1 saturated carbocycles. The zero-order valence-corrected chi connectivity index (χ0v) is 10.9. The Morgan fingerprint density at radius 2 is 2.22 bits per heavy atom. The summed E-state index contributed by atoms with van der Waals surface area (Å²) >= 11 is 0. The highest BCUT2D eigenvalue weighted by Gasteiger charge is 2.40. The molecule has 0 atom stereocenters. The minimum absolute atomic E-state index is 0.140. The molecule has 1 fully saturated rings. The van der Waals surface area contributed by atoms with Crippen molar-refractivity contribution in [3.05, 3.63) is 29.3 Å². The van der Waals surface area contributed by atoms with E-state index in [2.05, 4.69) is 18.2 Å². The van der Waals surface area contributed by atoms with Gasteiger partial charge in [-0.2, -0.15) is 0 Å². The molecular formula is C15H20N2O. The van der Waals surface area contributed by atoms with Gasteiger partial charge in [-0.25, -0.2) is 0 Å². The number of benzene rings is 1. The number of amides is 1. The van der Waals surface area contributed by atoms with Crippen LogP contribution in [0, 0.1) is 0 Å². The van der Waals surface area contributed by atoms with Crippen LogP contribution >= 0.6 is 0 Å². The molecule has 0 radical (unpaired) electrons. The van der Waals surface area contributed by atoms with Crippen LogP contribution in [0.3, 0.4) is 0 Å². The first-order valence-corrected chi connectivity index (χ1v) is 6.78. The molecule has 1 aromatic carbocycles. The number of anilines is 1. The smallest absolute Gasteiger partial charge is 0.223 e. The first-order chi connectivity index (χ1) is 8.68. The van der Waals surface area contributed by atoms with Gasteiger partial charge in [0.05, 0.1) is 0 Å². The summed E-state index contributed by atoms with van der Waals surface area (Å²) in [6, 6.07) is 6.36. The van der Waals surface area contributed by atoms with E-state index in [0.717, 1.165) is 25.2 Å². The lowest BCUT2D eigenvalue weighted by atomic mass is 9.63. The van der Waals surface area contributed by atoms with Crippen molar-refractivity contribution < 1.29 is 4.79 Å². The fraction of sp³-hybridized carbons (Fsp3) is 0.533. The number of nitrogens with zero attached hydrogens (tertiary/aromatic N) is 1. The molecule has 0 spiro atoms. The molecule has 0 unspecified atom stereocenters.